The Labute approximate surface area is 119 Å². The first-order valence-corrected chi connectivity index (χ1v) is 6.83. The van der Waals surface area contributed by atoms with Crippen LogP contribution in [0.5, 0.6) is 0 Å². The average molecular weight is 308 g/mol. The van der Waals surface area contributed by atoms with Crippen LogP contribution in [-0.4, -0.2) is 6.18 Å². The number of halogens is 5. The van der Waals surface area contributed by atoms with Gasteiger partial charge in [-0.3, -0.25) is 11.3 Å². The van der Waals surface area contributed by atoms with Gasteiger partial charge in [0, 0.05) is 5.56 Å². The number of hydrogen-bond acceptors (Lipinski definition) is 2. The maximum atomic E-state index is 13.8. The molecule has 0 aliphatic heterocycles. The Hall–Kier alpha value is -1.21. The normalized spacial score (nSPS) is 24.9. The summed E-state index contributed by atoms with van der Waals surface area (Å²) in [6.07, 6.45) is -3.17. The lowest BCUT2D eigenvalue weighted by Crippen LogP contribution is -2.43. The highest BCUT2D eigenvalue weighted by atomic mass is 19.4. The molecule has 1 fully saturated rings. The first-order valence-electron chi connectivity index (χ1n) is 6.83. The van der Waals surface area contributed by atoms with Gasteiger partial charge in [-0.15, -0.1) is 0 Å². The van der Waals surface area contributed by atoms with Gasteiger partial charge in [-0.25, -0.2) is 8.78 Å². The molecule has 21 heavy (non-hydrogen) atoms. The van der Waals surface area contributed by atoms with Gasteiger partial charge in [-0.2, -0.15) is 13.2 Å². The molecule has 0 radical (unpaired) electrons. The highest BCUT2D eigenvalue weighted by Gasteiger charge is 2.48. The fourth-order valence-electron chi connectivity index (χ4n) is 3.19. The molecule has 1 aliphatic carbocycles. The highest BCUT2D eigenvalue weighted by molar-refractivity contribution is 5.24. The number of benzene rings is 1. The van der Waals surface area contributed by atoms with E-state index < -0.39 is 41.3 Å². The summed E-state index contributed by atoms with van der Waals surface area (Å²) in [6.45, 7) is 0. The molecule has 1 aliphatic rings. The Kier molecular flexibility index (Phi) is 4.83. The monoisotopic (exact) mass is 308 g/mol. The fourth-order valence-corrected chi connectivity index (χ4v) is 3.19. The predicted octanol–water partition coefficient (Wildman–Crippen LogP) is 3.84. The van der Waals surface area contributed by atoms with Crippen LogP contribution in [0.15, 0.2) is 18.2 Å². The molecule has 0 aromatic heterocycles. The molecule has 3 atom stereocenters. The van der Waals surface area contributed by atoms with Crippen LogP contribution in [0.25, 0.3) is 0 Å². The lowest BCUT2D eigenvalue weighted by Gasteiger charge is -2.38. The summed E-state index contributed by atoms with van der Waals surface area (Å²) in [5.41, 5.74) is 1.78. The fraction of sp³-hybridized carbons (Fsp3) is 0.571. The smallest absolute Gasteiger partial charge is 0.271 e. The lowest BCUT2D eigenvalue weighted by atomic mass is 9.73. The van der Waals surface area contributed by atoms with Crippen molar-refractivity contribution in [1.29, 1.82) is 0 Å². The van der Waals surface area contributed by atoms with Gasteiger partial charge in [0.2, 0.25) is 0 Å². The number of nitrogens with two attached hydrogens (primary N) is 1. The molecule has 1 aromatic carbocycles. The minimum Gasteiger partial charge on any atom is -0.271 e. The first kappa shape index (κ1) is 16.2. The topological polar surface area (TPSA) is 38.0 Å². The lowest BCUT2D eigenvalue weighted by molar-refractivity contribution is -0.199. The number of hydrazine groups is 1. The minimum atomic E-state index is -4.40. The standard InChI is InChI=1S/C14H17F5N2/c15-10-6-3-7-11(16)12(10)13(21-20)8-4-1-2-5-9(8)14(17,18)19/h3,6-9,13,21H,1-2,4-5,20H2. The SMILES string of the molecule is NNC(c1c(F)cccc1F)C1CCCCC1C(F)(F)F. The van der Waals surface area contributed by atoms with E-state index in [-0.39, 0.29) is 12.8 Å². The van der Waals surface area contributed by atoms with Crippen LogP contribution in [0.1, 0.15) is 37.3 Å². The van der Waals surface area contributed by atoms with Crippen molar-refractivity contribution in [3.8, 4) is 0 Å². The van der Waals surface area contributed by atoms with Crippen LogP contribution in [0.3, 0.4) is 0 Å². The molecule has 2 nitrogen and oxygen atoms in total. The van der Waals surface area contributed by atoms with Gasteiger partial charge in [-0.05, 0) is 30.9 Å². The second-order valence-electron chi connectivity index (χ2n) is 5.38. The highest BCUT2D eigenvalue weighted by Crippen LogP contribution is 2.46. The first-order chi connectivity index (χ1) is 9.86. The van der Waals surface area contributed by atoms with Gasteiger partial charge in [0.1, 0.15) is 11.6 Å². The summed E-state index contributed by atoms with van der Waals surface area (Å²) in [6, 6.07) is 2.02. The Morgan fingerprint density at radius 2 is 1.67 bits per heavy atom. The van der Waals surface area contributed by atoms with Crippen LogP contribution in [-0.2, 0) is 0 Å². The zero-order chi connectivity index (χ0) is 15.6. The molecule has 3 N–H and O–H groups in total. The molecule has 1 aromatic rings. The van der Waals surface area contributed by atoms with E-state index in [1.807, 2.05) is 0 Å². The zero-order valence-corrected chi connectivity index (χ0v) is 11.3. The van der Waals surface area contributed by atoms with Crippen LogP contribution < -0.4 is 11.3 Å². The van der Waals surface area contributed by atoms with Crippen molar-refractivity contribution in [3.63, 3.8) is 0 Å². The maximum absolute atomic E-state index is 13.8. The van der Waals surface area contributed by atoms with Crippen molar-refractivity contribution in [3.05, 3.63) is 35.4 Å². The molecule has 0 bridgehead atoms. The average Bonchev–Trinajstić information content (AvgIpc) is 2.42. The Balaban J connectivity index is 2.39. The van der Waals surface area contributed by atoms with Gasteiger partial charge >= 0.3 is 6.18 Å². The number of hydrogen-bond donors (Lipinski definition) is 2. The molecular formula is C14H17F5N2. The van der Waals surface area contributed by atoms with Crippen molar-refractivity contribution < 1.29 is 22.0 Å². The molecule has 0 spiro atoms. The van der Waals surface area contributed by atoms with Gasteiger partial charge in [-0.1, -0.05) is 18.9 Å². The molecule has 3 unspecified atom stereocenters. The zero-order valence-electron chi connectivity index (χ0n) is 11.3. The molecule has 0 amide bonds. The van der Waals surface area contributed by atoms with Crippen molar-refractivity contribution in [2.45, 2.75) is 37.9 Å². The van der Waals surface area contributed by atoms with E-state index in [1.54, 1.807) is 0 Å². The van der Waals surface area contributed by atoms with E-state index >= 15 is 0 Å². The number of rotatable bonds is 3. The molecule has 0 saturated heterocycles. The summed E-state index contributed by atoms with van der Waals surface area (Å²) in [4.78, 5) is 0. The van der Waals surface area contributed by atoms with Gasteiger partial charge in [0.05, 0.1) is 12.0 Å². The minimum absolute atomic E-state index is 0.0393. The second-order valence-corrected chi connectivity index (χ2v) is 5.38. The summed E-state index contributed by atoms with van der Waals surface area (Å²) in [5.74, 6) is 0.977. The third-order valence-electron chi connectivity index (χ3n) is 4.16. The molecule has 0 heterocycles. The summed E-state index contributed by atoms with van der Waals surface area (Å²) in [7, 11) is 0. The van der Waals surface area contributed by atoms with E-state index in [2.05, 4.69) is 5.43 Å². The van der Waals surface area contributed by atoms with Crippen LogP contribution in [0.2, 0.25) is 0 Å². The van der Waals surface area contributed by atoms with Gasteiger partial charge < -0.3 is 0 Å². The molecule has 7 heteroatoms. The van der Waals surface area contributed by atoms with Crippen LogP contribution >= 0.6 is 0 Å². The van der Waals surface area contributed by atoms with E-state index in [0.717, 1.165) is 12.1 Å². The van der Waals surface area contributed by atoms with E-state index in [1.165, 1.54) is 6.07 Å². The van der Waals surface area contributed by atoms with Crippen LogP contribution in [0, 0.1) is 23.5 Å². The summed E-state index contributed by atoms with van der Waals surface area (Å²) < 4.78 is 67.1. The van der Waals surface area contributed by atoms with Crippen molar-refractivity contribution in [2.75, 3.05) is 0 Å². The molecular weight excluding hydrogens is 291 g/mol. The predicted molar refractivity (Wildman–Crippen MR) is 67.9 cm³/mol. The van der Waals surface area contributed by atoms with Crippen molar-refractivity contribution in [2.24, 2.45) is 17.7 Å². The third-order valence-corrected chi connectivity index (χ3v) is 4.16. The Morgan fingerprint density at radius 3 is 2.19 bits per heavy atom. The third kappa shape index (κ3) is 3.35. The van der Waals surface area contributed by atoms with E-state index in [0.29, 0.717) is 12.8 Å². The van der Waals surface area contributed by atoms with Crippen molar-refractivity contribution >= 4 is 0 Å². The molecule has 2 rings (SSSR count). The van der Waals surface area contributed by atoms with E-state index in [4.69, 9.17) is 5.84 Å². The molecule has 1 saturated carbocycles. The van der Waals surface area contributed by atoms with E-state index in [9.17, 15) is 22.0 Å². The van der Waals surface area contributed by atoms with Crippen molar-refractivity contribution in [1.82, 2.24) is 5.43 Å². The Bertz CT molecular complexity index is 468. The second kappa shape index (κ2) is 6.27. The summed E-state index contributed by atoms with van der Waals surface area (Å²) >= 11 is 0. The van der Waals surface area contributed by atoms with Gasteiger partial charge in [0.25, 0.3) is 0 Å². The number of alkyl halides is 3. The van der Waals surface area contributed by atoms with Crippen LogP contribution in [0.4, 0.5) is 22.0 Å². The quantitative estimate of drug-likeness (QED) is 0.506. The largest absolute Gasteiger partial charge is 0.392 e. The molecule has 118 valence electrons. The maximum Gasteiger partial charge on any atom is 0.392 e. The Morgan fingerprint density at radius 1 is 1.10 bits per heavy atom. The summed E-state index contributed by atoms with van der Waals surface area (Å²) in [5, 5.41) is 0. The number of nitrogens with one attached hydrogen (secondary N) is 1. The van der Waals surface area contributed by atoms with Gasteiger partial charge in [0.15, 0.2) is 0 Å².